The molecule has 2 amide bonds. The van der Waals surface area contributed by atoms with Crippen molar-refractivity contribution in [1.29, 1.82) is 0 Å². The fourth-order valence-corrected chi connectivity index (χ4v) is 6.49. The molecule has 0 bridgehead atoms. The molecule has 0 spiro atoms. The van der Waals surface area contributed by atoms with Crippen LogP contribution in [0.15, 0.2) is 90.3 Å². The number of carbonyl (C=O) groups excluding carboxylic acids is 2. The number of imidazole rings is 1. The molecule has 248 valence electrons. The minimum absolute atomic E-state index is 0.00261. The van der Waals surface area contributed by atoms with Gasteiger partial charge in [-0.05, 0) is 40.7 Å². The normalized spacial score (nSPS) is 17.7. The van der Waals surface area contributed by atoms with Crippen LogP contribution in [0.1, 0.15) is 73.2 Å². The molecule has 0 unspecified atom stereocenters. The Morgan fingerprint density at radius 1 is 0.936 bits per heavy atom. The lowest BCUT2D eigenvalue weighted by Gasteiger charge is -2.36. The zero-order valence-electron chi connectivity index (χ0n) is 26.5. The van der Waals surface area contributed by atoms with Gasteiger partial charge in [-0.1, -0.05) is 91.0 Å². The van der Waals surface area contributed by atoms with Crippen LogP contribution in [0.3, 0.4) is 0 Å². The quantitative estimate of drug-likeness (QED) is 0.0530. The van der Waals surface area contributed by atoms with E-state index in [2.05, 4.69) is 22.4 Å². The summed E-state index contributed by atoms with van der Waals surface area (Å²) in [5.41, 5.74) is 7.51. The summed E-state index contributed by atoms with van der Waals surface area (Å²) in [7, 11) is 1.98. The monoisotopic (exact) mass is 658 g/mol. The van der Waals surface area contributed by atoms with E-state index in [1.807, 2.05) is 78.5 Å². The second-order valence-corrected chi connectivity index (χ2v) is 12.6. The second kappa shape index (κ2) is 17.2. The molecular weight excluding hydrogens is 616 g/mol. The molecule has 4 N–H and O–H groups in total. The van der Waals surface area contributed by atoms with E-state index in [1.54, 1.807) is 23.4 Å². The Labute approximate surface area is 279 Å². The third kappa shape index (κ3) is 9.75. The van der Waals surface area contributed by atoms with Crippen LogP contribution in [0.2, 0.25) is 0 Å². The molecule has 5 rings (SSSR count). The van der Waals surface area contributed by atoms with E-state index in [4.69, 9.17) is 14.7 Å². The first-order valence-corrected chi connectivity index (χ1v) is 16.9. The SMILES string of the molecule is Cn1ccnc1SC[C@H]1C[C@@H](c2ccc(CO)cc2)O[C@@H](c2ccc(-c3ccccc3CNC(=O)CCCCCC(=O)NO)cc2)O1. The summed E-state index contributed by atoms with van der Waals surface area (Å²) in [5, 5.41) is 22.0. The van der Waals surface area contributed by atoms with E-state index in [1.165, 1.54) is 0 Å². The number of nitrogens with zero attached hydrogens (tertiary/aromatic N) is 2. The van der Waals surface area contributed by atoms with Crippen molar-refractivity contribution in [2.45, 2.75) is 75.3 Å². The van der Waals surface area contributed by atoms with E-state index in [9.17, 15) is 14.7 Å². The maximum atomic E-state index is 12.5. The van der Waals surface area contributed by atoms with Crippen molar-refractivity contribution in [3.05, 3.63) is 107 Å². The molecular formula is C36H42N4O6S. The number of unbranched alkanes of at least 4 members (excludes halogenated alkanes) is 2. The Bertz CT molecular complexity index is 1590. The maximum absolute atomic E-state index is 12.5. The fraction of sp³-hybridized carbons (Fsp3) is 0.361. The molecule has 0 aliphatic carbocycles. The molecule has 3 atom stereocenters. The second-order valence-electron chi connectivity index (χ2n) is 11.6. The zero-order chi connectivity index (χ0) is 33.0. The predicted octanol–water partition coefficient (Wildman–Crippen LogP) is 5.99. The topological polar surface area (TPSA) is 135 Å². The minimum Gasteiger partial charge on any atom is -0.392 e. The summed E-state index contributed by atoms with van der Waals surface area (Å²) in [5.74, 6) is 0.283. The van der Waals surface area contributed by atoms with Crippen LogP contribution in [-0.2, 0) is 39.3 Å². The van der Waals surface area contributed by atoms with Crippen molar-refractivity contribution < 1.29 is 29.4 Å². The molecule has 4 aromatic rings. The van der Waals surface area contributed by atoms with Gasteiger partial charge in [0.05, 0.1) is 18.8 Å². The number of aryl methyl sites for hydroxylation is 1. The lowest BCUT2D eigenvalue weighted by Crippen LogP contribution is -2.31. The lowest BCUT2D eigenvalue weighted by molar-refractivity contribution is -0.245. The first-order chi connectivity index (χ1) is 22.9. The molecule has 1 fully saturated rings. The van der Waals surface area contributed by atoms with Gasteiger partial charge in [0.25, 0.3) is 0 Å². The van der Waals surface area contributed by atoms with Crippen LogP contribution in [0.4, 0.5) is 0 Å². The molecule has 0 radical (unpaired) electrons. The fourth-order valence-electron chi connectivity index (χ4n) is 5.54. The van der Waals surface area contributed by atoms with Gasteiger partial charge in [-0.2, -0.15) is 0 Å². The van der Waals surface area contributed by atoms with E-state index in [-0.39, 0.29) is 31.1 Å². The van der Waals surface area contributed by atoms with Crippen LogP contribution in [0, 0.1) is 0 Å². The first kappa shape index (κ1) is 34.3. The smallest absolute Gasteiger partial charge is 0.243 e. The number of rotatable bonds is 15. The van der Waals surface area contributed by atoms with Crippen LogP contribution >= 0.6 is 11.8 Å². The summed E-state index contributed by atoms with van der Waals surface area (Å²) in [6.45, 7) is 0.405. The molecule has 47 heavy (non-hydrogen) atoms. The van der Waals surface area contributed by atoms with Crippen molar-refractivity contribution in [2.24, 2.45) is 7.05 Å². The number of aromatic nitrogens is 2. The third-order valence-corrected chi connectivity index (χ3v) is 9.40. The Morgan fingerprint density at radius 3 is 2.36 bits per heavy atom. The Balaban J connectivity index is 1.23. The summed E-state index contributed by atoms with van der Waals surface area (Å²) in [6, 6.07) is 24.1. The van der Waals surface area contributed by atoms with E-state index >= 15 is 0 Å². The van der Waals surface area contributed by atoms with Crippen LogP contribution < -0.4 is 10.8 Å². The highest BCUT2D eigenvalue weighted by Gasteiger charge is 2.32. The number of aliphatic hydroxyl groups excluding tert-OH is 1. The summed E-state index contributed by atoms with van der Waals surface area (Å²) in [4.78, 5) is 28.0. The highest BCUT2D eigenvalue weighted by Crippen LogP contribution is 2.40. The Kier molecular flexibility index (Phi) is 12.6. The highest BCUT2D eigenvalue weighted by molar-refractivity contribution is 7.99. The zero-order valence-corrected chi connectivity index (χ0v) is 27.3. The Hall–Kier alpha value is -4.00. The van der Waals surface area contributed by atoms with Crippen molar-refractivity contribution in [2.75, 3.05) is 5.75 Å². The Morgan fingerprint density at radius 2 is 1.66 bits per heavy atom. The van der Waals surface area contributed by atoms with Crippen molar-refractivity contribution in [3.63, 3.8) is 0 Å². The number of hydrogen-bond donors (Lipinski definition) is 4. The van der Waals surface area contributed by atoms with Crippen LogP contribution in [0.5, 0.6) is 0 Å². The number of amides is 2. The van der Waals surface area contributed by atoms with E-state index in [0.717, 1.165) is 50.7 Å². The summed E-state index contributed by atoms with van der Waals surface area (Å²) >= 11 is 1.66. The van der Waals surface area contributed by atoms with Gasteiger partial charge in [0, 0.05) is 56.6 Å². The molecule has 0 saturated carbocycles. The summed E-state index contributed by atoms with van der Waals surface area (Å²) < 4.78 is 15.0. The van der Waals surface area contributed by atoms with Gasteiger partial charge in [-0.3, -0.25) is 14.8 Å². The summed E-state index contributed by atoms with van der Waals surface area (Å²) in [6.07, 6.45) is 6.30. The van der Waals surface area contributed by atoms with E-state index in [0.29, 0.717) is 32.2 Å². The molecule has 1 aliphatic rings. The molecule has 2 heterocycles. The highest BCUT2D eigenvalue weighted by atomic mass is 32.2. The third-order valence-electron chi connectivity index (χ3n) is 8.21. The number of hydrogen-bond acceptors (Lipinski definition) is 8. The number of ether oxygens (including phenoxy) is 2. The van der Waals surface area contributed by atoms with Crippen molar-refractivity contribution >= 4 is 23.6 Å². The molecule has 10 nitrogen and oxygen atoms in total. The van der Waals surface area contributed by atoms with Gasteiger partial charge in [0.2, 0.25) is 11.8 Å². The van der Waals surface area contributed by atoms with Crippen molar-refractivity contribution in [3.8, 4) is 11.1 Å². The molecule has 1 aromatic heterocycles. The first-order valence-electron chi connectivity index (χ1n) is 15.9. The van der Waals surface area contributed by atoms with Gasteiger partial charge in [-0.25, -0.2) is 10.5 Å². The van der Waals surface area contributed by atoms with Gasteiger partial charge >= 0.3 is 0 Å². The largest absolute Gasteiger partial charge is 0.392 e. The predicted molar refractivity (Wildman–Crippen MR) is 179 cm³/mol. The average Bonchev–Trinajstić information content (AvgIpc) is 3.53. The van der Waals surface area contributed by atoms with E-state index < -0.39 is 12.2 Å². The van der Waals surface area contributed by atoms with Gasteiger partial charge in [0.1, 0.15) is 0 Å². The molecule has 1 aliphatic heterocycles. The van der Waals surface area contributed by atoms with Crippen LogP contribution in [0.25, 0.3) is 11.1 Å². The lowest BCUT2D eigenvalue weighted by atomic mass is 9.97. The average molecular weight is 659 g/mol. The number of carbonyl (C=O) groups is 2. The van der Waals surface area contributed by atoms with Gasteiger partial charge < -0.3 is 24.5 Å². The molecule has 11 heteroatoms. The molecule has 3 aromatic carbocycles. The number of thioether (sulfide) groups is 1. The minimum atomic E-state index is -0.556. The van der Waals surface area contributed by atoms with Crippen molar-refractivity contribution in [1.82, 2.24) is 20.3 Å². The van der Waals surface area contributed by atoms with Gasteiger partial charge in [0.15, 0.2) is 11.4 Å². The number of benzene rings is 3. The number of nitrogens with one attached hydrogen (secondary N) is 2. The van der Waals surface area contributed by atoms with Gasteiger partial charge in [-0.15, -0.1) is 0 Å². The maximum Gasteiger partial charge on any atom is 0.243 e. The number of hydroxylamine groups is 1. The standard InChI is InChI=1S/C36H42N4O6S/c1-40-20-19-37-36(40)47-24-30-21-32(27-13-11-25(23-41)12-14-27)46-35(45-30)28-17-15-26(16-18-28)31-8-6-5-7-29(31)22-38-33(42)9-3-2-4-10-34(43)39-44/h5-8,11-20,30,32,35,41,44H,2-4,9-10,21-24H2,1H3,(H,38,42)(H,39,43)/t30-,32+,35+/m1/s1. The van der Waals surface area contributed by atoms with Crippen LogP contribution in [-0.4, -0.2) is 43.5 Å². The number of aliphatic hydroxyl groups is 1. The molecule has 1 saturated heterocycles.